The number of halogens is 2. The third-order valence-corrected chi connectivity index (χ3v) is 3.25. The minimum atomic E-state index is -0.462. The third-order valence-electron chi connectivity index (χ3n) is 2.32. The summed E-state index contributed by atoms with van der Waals surface area (Å²) in [7, 11) is 0. The molecule has 1 aromatic rings. The lowest BCUT2D eigenvalue weighted by Crippen LogP contribution is -2.31. The quantitative estimate of drug-likeness (QED) is 0.879. The molecule has 0 spiro atoms. The first-order valence-corrected chi connectivity index (χ1v) is 5.81. The Balaban J connectivity index is 2.12. The SMILES string of the molecule is OC1COCC1Nc1cc(Cl)ccc1Br. The molecule has 2 N–H and O–H groups in total. The van der Waals surface area contributed by atoms with Gasteiger partial charge in [-0.3, -0.25) is 0 Å². The molecule has 1 aromatic carbocycles. The van der Waals surface area contributed by atoms with Gasteiger partial charge in [-0.2, -0.15) is 0 Å². The summed E-state index contributed by atoms with van der Waals surface area (Å²) in [5.74, 6) is 0. The number of benzene rings is 1. The fourth-order valence-corrected chi connectivity index (χ4v) is 2.02. The van der Waals surface area contributed by atoms with E-state index in [-0.39, 0.29) is 6.04 Å². The summed E-state index contributed by atoms with van der Waals surface area (Å²) >= 11 is 9.30. The van der Waals surface area contributed by atoms with Gasteiger partial charge in [0.05, 0.1) is 31.0 Å². The fourth-order valence-electron chi connectivity index (χ4n) is 1.49. The largest absolute Gasteiger partial charge is 0.388 e. The van der Waals surface area contributed by atoms with E-state index < -0.39 is 6.10 Å². The van der Waals surface area contributed by atoms with Gasteiger partial charge < -0.3 is 15.2 Å². The summed E-state index contributed by atoms with van der Waals surface area (Å²) in [6.07, 6.45) is -0.462. The zero-order chi connectivity index (χ0) is 10.8. The summed E-state index contributed by atoms with van der Waals surface area (Å²) in [6, 6.07) is 5.42. The van der Waals surface area contributed by atoms with Gasteiger partial charge in [0.1, 0.15) is 0 Å². The fraction of sp³-hybridized carbons (Fsp3) is 0.400. The molecule has 1 heterocycles. The van der Waals surface area contributed by atoms with Gasteiger partial charge in [-0.1, -0.05) is 11.6 Å². The molecule has 0 saturated carbocycles. The van der Waals surface area contributed by atoms with Crippen molar-refractivity contribution in [2.75, 3.05) is 18.5 Å². The maximum atomic E-state index is 9.57. The van der Waals surface area contributed by atoms with Crippen LogP contribution < -0.4 is 5.32 Å². The van der Waals surface area contributed by atoms with E-state index in [0.717, 1.165) is 10.2 Å². The Bertz CT molecular complexity index is 361. The molecule has 1 fully saturated rings. The van der Waals surface area contributed by atoms with Gasteiger partial charge >= 0.3 is 0 Å². The van der Waals surface area contributed by atoms with Crippen molar-refractivity contribution >= 4 is 33.2 Å². The predicted molar refractivity (Wildman–Crippen MR) is 63.4 cm³/mol. The number of aliphatic hydroxyl groups excluding tert-OH is 1. The molecule has 2 atom stereocenters. The molecule has 1 aliphatic heterocycles. The number of ether oxygens (including phenoxy) is 1. The van der Waals surface area contributed by atoms with Gasteiger partial charge in [-0.05, 0) is 34.1 Å². The van der Waals surface area contributed by atoms with E-state index in [9.17, 15) is 5.11 Å². The number of nitrogens with one attached hydrogen (secondary N) is 1. The van der Waals surface area contributed by atoms with Crippen LogP contribution in [0.4, 0.5) is 5.69 Å². The Kier molecular flexibility index (Phi) is 3.51. The summed E-state index contributed by atoms with van der Waals surface area (Å²) in [4.78, 5) is 0. The van der Waals surface area contributed by atoms with Crippen LogP contribution in [0.5, 0.6) is 0 Å². The Morgan fingerprint density at radius 2 is 2.27 bits per heavy atom. The summed E-state index contributed by atoms with van der Waals surface area (Å²) in [5, 5.41) is 13.4. The Morgan fingerprint density at radius 1 is 1.47 bits per heavy atom. The molecule has 15 heavy (non-hydrogen) atoms. The van der Waals surface area contributed by atoms with Gasteiger partial charge in [0, 0.05) is 9.50 Å². The predicted octanol–water partition coefficient (Wildman–Crippen LogP) is 2.27. The topological polar surface area (TPSA) is 41.5 Å². The first-order chi connectivity index (χ1) is 7.16. The number of rotatable bonds is 2. The third kappa shape index (κ3) is 2.64. The number of hydrogen-bond acceptors (Lipinski definition) is 3. The van der Waals surface area contributed by atoms with Crippen LogP contribution in [0.25, 0.3) is 0 Å². The highest BCUT2D eigenvalue weighted by Crippen LogP contribution is 2.27. The smallest absolute Gasteiger partial charge is 0.0996 e. The lowest BCUT2D eigenvalue weighted by Gasteiger charge is -2.17. The van der Waals surface area contributed by atoms with E-state index >= 15 is 0 Å². The second-order valence-electron chi connectivity index (χ2n) is 3.48. The number of anilines is 1. The van der Waals surface area contributed by atoms with Crippen LogP contribution in [0.15, 0.2) is 22.7 Å². The molecule has 3 nitrogen and oxygen atoms in total. The first kappa shape index (κ1) is 11.2. The maximum Gasteiger partial charge on any atom is 0.0996 e. The van der Waals surface area contributed by atoms with E-state index in [1.165, 1.54) is 0 Å². The molecule has 5 heteroatoms. The molecule has 0 aromatic heterocycles. The van der Waals surface area contributed by atoms with Gasteiger partial charge in [0.25, 0.3) is 0 Å². The molecule has 2 rings (SSSR count). The van der Waals surface area contributed by atoms with Crippen molar-refractivity contribution in [3.63, 3.8) is 0 Å². The molecule has 1 aliphatic rings. The van der Waals surface area contributed by atoms with E-state index in [4.69, 9.17) is 16.3 Å². The second-order valence-corrected chi connectivity index (χ2v) is 4.77. The normalized spacial score (nSPS) is 25.5. The zero-order valence-corrected chi connectivity index (χ0v) is 10.3. The van der Waals surface area contributed by atoms with E-state index in [0.29, 0.717) is 18.2 Å². The minimum absolute atomic E-state index is 0.0697. The van der Waals surface area contributed by atoms with Crippen LogP contribution in [0.1, 0.15) is 0 Å². The second kappa shape index (κ2) is 4.70. The molecule has 0 aliphatic carbocycles. The highest BCUT2D eigenvalue weighted by atomic mass is 79.9. The lowest BCUT2D eigenvalue weighted by molar-refractivity contribution is 0.125. The van der Waals surface area contributed by atoms with E-state index in [1.54, 1.807) is 6.07 Å². The monoisotopic (exact) mass is 291 g/mol. The van der Waals surface area contributed by atoms with Crippen molar-refractivity contribution in [1.82, 2.24) is 0 Å². The highest BCUT2D eigenvalue weighted by Gasteiger charge is 2.26. The maximum absolute atomic E-state index is 9.57. The molecule has 1 saturated heterocycles. The van der Waals surface area contributed by atoms with E-state index in [2.05, 4.69) is 21.2 Å². The summed E-state index contributed by atoms with van der Waals surface area (Å²) < 4.78 is 6.07. The van der Waals surface area contributed by atoms with Crippen LogP contribution in [-0.4, -0.2) is 30.5 Å². The van der Waals surface area contributed by atoms with E-state index in [1.807, 2.05) is 12.1 Å². The van der Waals surface area contributed by atoms with Crippen LogP contribution in [0, 0.1) is 0 Å². The molecule has 0 amide bonds. The van der Waals surface area contributed by atoms with Gasteiger partial charge in [-0.15, -0.1) is 0 Å². The Hall–Kier alpha value is -0.290. The molecule has 0 radical (unpaired) electrons. The Morgan fingerprint density at radius 3 is 2.93 bits per heavy atom. The first-order valence-electron chi connectivity index (χ1n) is 4.64. The number of hydrogen-bond donors (Lipinski definition) is 2. The van der Waals surface area contributed by atoms with Crippen molar-refractivity contribution in [1.29, 1.82) is 0 Å². The zero-order valence-electron chi connectivity index (χ0n) is 7.91. The molecule has 82 valence electrons. The average molecular weight is 293 g/mol. The van der Waals surface area contributed by atoms with Crippen LogP contribution >= 0.6 is 27.5 Å². The molecule has 2 unspecified atom stereocenters. The Labute approximate surface area is 102 Å². The summed E-state index contributed by atoms with van der Waals surface area (Å²) in [5.41, 5.74) is 0.872. The van der Waals surface area contributed by atoms with Gasteiger partial charge in [0.15, 0.2) is 0 Å². The van der Waals surface area contributed by atoms with Crippen molar-refractivity contribution < 1.29 is 9.84 Å². The standard InChI is InChI=1S/C10H11BrClNO2/c11-7-2-1-6(12)3-8(7)13-9-4-15-5-10(9)14/h1-3,9-10,13-14H,4-5H2. The number of aliphatic hydroxyl groups is 1. The molecule has 0 bridgehead atoms. The molecular weight excluding hydrogens is 281 g/mol. The lowest BCUT2D eigenvalue weighted by atomic mass is 10.2. The molecular formula is C10H11BrClNO2. The van der Waals surface area contributed by atoms with Crippen molar-refractivity contribution in [3.05, 3.63) is 27.7 Å². The minimum Gasteiger partial charge on any atom is -0.388 e. The van der Waals surface area contributed by atoms with Crippen molar-refractivity contribution in [2.24, 2.45) is 0 Å². The van der Waals surface area contributed by atoms with Gasteiger partial charge in [0.2, 0.25) is 0 Å². The van der Waals surface area contributed by atoms with Crippen LogP contribution in [-0.2, 0) is 4.74 Å². The summed E-state index contributed by atoms with van der Waals surface area (Å²) in [6.45, 7) is 0.899. The van der Waals surface area contributed by atoms with Gasteiger partial charge in [-0.25, -0.2) is 0 Å². The van der Waals surface area contributed by atoms with Crippen molar-refractivity contribution in [2.45, 2.75) is 12.1 Å². The van der Waals surface area contributed by atoms with Crippen LogP contribution in [0.2, 0.25) is 5.02 Å². The van der Waals surface area contributed by atoms with Crippen molar-refractivity contribution in [3.8, 4) is 0 Å². The highest BCUT2D eigenvalue weighted by molar-refractivity contribution is 9.10. The average Bonchev–Trinajstić information content (AvgIpc) is 2.58. The van der Waals surface area contributed by atoms with Crippen LogP contribution in [0.3, 0.4) is 0 Å².